The predicted octanol–water partition coefficient (Wildman–Crippen LogP) is 1.11. The molecule has 1 aromatic heterocycles. The molecule has 1 aromatic carbocycles. The molecule has 7 nitrogen and oxygen atoms in total. The number of piperidine rings is 1. The molecule has 0 atom stereocenters. The van der Waals surface area contributed by atoms with E-state index < -0.39 is 11.2 Å². The molecule has 2 heterocycles. The van der Waals surface area contributed by atoms with Crippen LogP contribution >= 0.6 is 0 Å². The van der Waals surface area contributed by atoms with Crippen molar-refractivity contribution in [2.45, 2.75) is 25.8 Å². The molecule has 0 spiro atoms. The second-order valence-electron chi connectivity index (χ2n) is 5.83. The number of rotatable bonds is 4. The van der Waals surface area contributed by atoms with Crippen molar-refractivity contribution in [3.8, 4) is 5.88 Å². The van der Waals surface area contributed by atoms with Crippen LogP contribution < -0.4 is 11.2 Å². The molecule has 0 aliphatic carbocycles. The van der Waals surface area contributed by atoms with Gasteiger partial charge >= 0.3 is 5.69 Å². The van der Waals surface area contributed by atoms with Crippen molar-refractivity contribution in [3.05, 3.63) is 62.3 Å². The fraction of sp³-hybridized carbons (Fsp3) is 0.353. The topological polar surface area (TPSA) is 90.7 Å². The Balaban J connectivity index is 1.92. The van der Waals surface area contributed by atoms with Crippen LogP contribution in [0.25, 0.3) is 0 Å². The van der Waals surface area contributed by atoms with Gasteiger partial charge in [0.25, 0.3) is 5.56 Å². The van der Waals surface area contributed by atoms with Crippen molar-refractivity contribution >= 4 is 6.21 Å². The molecule has 1 aliphatic rings. The van der Waals surface area contributed by atoms with Gasteiger partial charge in [0.1, 0.15) is 5.56 Å². The van der Waals surface area contributed by atoms with Gasteiger partial charge in [-0.25, -0.2) is 4.79 Å². The Morgan fingerprint density at radius 3 is 2.54 bits per heavy atom. The number of hydrogen-bond acceptors (Lipinski definition) is 5. The number of aromatic hydroxyl groups is 1. The van der Waals surface area contributed by atoms with E-state index in [9.17, 15) is 14.7 Å². The van der Waals surface area contributed by atoms with Crippen LogP contribution in [0, 0.1) is 0 Å². The third-order valence-electron chi connectivity index (χ3n) is 4.07. The van der Waals surface area contributed by atoms with Gasteiger partial charge in [0.2, 0.25) is 5.88 Å². The van der Waals surface area contributed by atoms with Crippen LogP contribution in [0.15, 0.2) is 45.0 Å². The smallest absolute Gasteiger partial charge is 0.331 e. The van der Waals surface area contributed by atoms with E-state index in [1.807, 2.05) is 35.3 Å². The highest BCUT2D eigenvalue weighted by Crippen LogP contribution is 2.12. The van der Waals surface area contributed by atoms with E-state index in [2.05, 4.69) is 10.1 Å². The molecule has 2 aromatic rings. The van der Waals surface area contributed by atoms with E-state index in [-0.39, 0.29) is 18.0 Å². The highest BCUT2D eigenvalue weighted by molar-refractivity contribution is 5.81. The van der Waals surface area contributed by atoms with Crippen molar-refractivity contribution in [1.29, 1.82) is 0 Å². The zero-order valence-corrected chi connectivity index (χ0v) is 13.3. The zero-order valence-electron chi connectivity index (χ0n) is 13.3. The Bertz CT molecular complexity index is 833. The molecule has 1 saturated heterocycles. The lowest BCUT2D eigenvalue weighted by molar-refractivity contribution is 0.240. The summed E-state index contributed by atoms with van der Waals surface area (Å²) in [6, 6.07) is 9.26. The van der Waals surface area contributed by atoms with Crippen molar-refractivity contribution in [2.75, 3.05) is 13.1 Å². The molecule has 0 amide bonds. The monoisotopic (exact) mass is 328 g/mol. The van der Waals surface area contributed by atoms with Gasteiger partial charge < -0.3 is 5.11 Å². The normalized spacial score (nSPS) is 15.1. The van der Waals surface area contributed by atoms with Gasteiger partial charge in [-0.2, -0.15) is 5.10 Å². The van der Waals surface area contributed by atoms with E-state index in [0.717, 1.165) is 36.1 Å². The summed E-state index contributed by atoms with van der Waals surface area (Å²) in [6.45, 7) is 1.84. The number of nitrogens with one attached hydrogen (secondary N) is 1. The van der Waals surface area contributed by atoms with E-state index in [4.69, 9.17) is 0 Å². The van der Waals surface area contributed by atoms with Crippen LogP contribution in [0.5, 0.6) is 5.88 Å². The Hall–Kier alpha value is -2.83. The van der Waals surface area contributed by atoms with Crippen molar-refractivity contribution in [1.82, 2.24) is 14.6 Å². The molecule has 24 heavy (non-hydrogen) atoms. The summed E-state index contributed by atoms with van der Waals surface area (Å²) in [5, 5.41) is 16.5. The summed E-state index contributed by atoms with van der Waals surface area (Å²) in [5.41, 5.74) is -0.434. The van der Waals surface area contributed by atoms with Crippen LogP contribution in [0.1, 0.15) is 30.4 Å². The van der Waals surface area contributed by atoms with Crippen LogP contribution in [0.2, 0.25) is 0 Å². The first-order chi connectivity index (χ1) is 11.6. The maximum absolute atomic E-state index is 12.0. The Kier molecular flexibility index (Phi) is 4.79. The van der Waals surface area contributed by atoms with E-state index in [1.165, 1.54) is 12.6 Å². The minimum absolute atomic E-state index is 0.00361. The fourth-order valence-electron chi connectivity index (χ4n) is 2.74. The standard InChI is InChI=1S/C17H20N4O3/c22-15-14(11-18-20-9-5-2-6-10-20)16(23)21(17(24)19-15)12-13-7-3-1-4-8-13/h1,3-4,7-8,11,23H,2,5-6,9-10,12H2,(H,19,22,24). The number of aromatic nitrogens is 2. The average Bonchev–Trinajstić information content (AvgIpc) is 2.60. The zero-order chi connectivity index (χ0) is 16.9. The largest absolute Gasteiger partial charge is 0.494 e. The summed E-state index contributed by atoms with van der Waals surface area (Å²) in [4.78, 5) is 26.3. The van der Waals surface area contributed by atoms with Crippen LogP contribution in [-0.2, 0) is 6.54 Å². The second kappa shape index (κ2) is 7.16. The Labute approximate surface area is 138 Å². The number of aromatic amines is 1. The number of benzene rings is 1. The Morgan fingerprint density at radius 1 is 1.12 bits per heavy atom. The minimum Gasteiger partial charge on any atom is -0.494 e. The third kappa shape index (κ3) is 3.56. The first-order valence-electron chi connectivity index (χ1n) is 8.04. The summed E-state index contributed by atoms with van der Waals surface area (Å²) in [5.74, 6) is -0.367. The van der Waals surface area contributed by atoms with Gasteiger partial charge in [-0.3, -0.25) is 19.4 Å². The summed E-state index contributed by atoms with van der Waals surface area (Å²) in [6.07, 6.45) is 4.64. The molecule has 7 heteroatoms. The Morgan fingerprint density at radius 2 is 1.83 bits per heavy atom. The molecular weight excluding hydrogens is 308 g/mol. The van der Waals surface area contributed by atoms with Gasteiger partial charge in [-0.05, 0) is 24.8 Å². The van der Waals surface area contributed by atoms with Gasteiger partial charge in [-0.15, -0.1) is 0 Å². The van der Waals surface area contributed by atoms with Gasteiger partial charge in [0, 0.05) is 13.1 Å². The lowest BCUT2D eigenvalue weighted by Gasteiger charge is -2.23. The van der Waals surface area contributed by atoms with E-state index in [0.29, 0.717) is 0 Å². The number of nitrogens with zero attached hydrogens (tertiary/aromatic N) is 3. The molecule has 0 bridgehead atoms. The number of hydrogen-bond donors (Lipinski definition) is 2. The van der Waals surface area contributed by atoms with Crippen LogP contribution in [-0.4, -0.2) is 39.0 Å². The molecule has 1 fully saturated rings. The third-order valence-corrected chi connectivity index (χ3v) is 4.07. The molecule has 0 radical (unpaired) electrons. The summed E-state index contributed by atoms with van der Waals surface area (Å²) < 4.78 is 1.13. The fourth-order valence-corrected chi connectivity index (χ4v) is 2.74. The van der Waals surface area contributed by atoms with Crippen molar-refractivity contribution < 1.29 is 5.11 Å². The first kappa shape index (κ1) is 16.0. The van der Waals surface area contributed by atoms with E-state index >= 15 is 0 Å². The molecule has 3 rings (SSSR count). The molecule has 2 N–H and O–H groups in total. The lowest BCUT2D eigenvalue weighted by atomic mass is 10.2. The highest BCUT2D eigenvalue weighted by Gasteiger charge is 2.14. The lowest BCUT2D eigenvalue weighted by Crippen LogP contribution is -2.33. The first-order valence-corrected chi connectivity index (χ1v) is 8.04. The maximum Gasteiger partial charge on any atom is 0.331 e. The predicted molar refractivity (Wildman–Crippen MR) is 91.5 cm³/mol. The van der Waals surface area contributed by atoms with Crippen molar-refractivity contribution in [2.24, 2.45) is 5.10 Å². The SMILES string of the molecule is O=c1[nH]c(=O)n(Cc2ccccc2)c(O)c1C=NN1CCCCC1. The van der Waals surface area contributed by atoms with Gasteiger partial charge in [0.15, 0.2) is 0 Å². The van der Waals surface area contributed by atoms with Gasteiger partial charge in [0.05, 0.1) is 12.8 Å². The quantitative estimate of drug-likeness (QED) is 0.823. The molecule has 1 aliphatic heterocycles. The molecular formula is C17H20N4O3. The minimum atomic E-state index is -0.642. The maximum atomic E-state index is 12.0. The average molecular weight is 328 g/mol. The second-order valence-corrected chi connectivity index (χ2v) is 5.83. The summed E-state index contributed by atoms with van der Waals surface area (Å²) in [7, 11) is 0. The highest BCUT2D eigenvalue weighted by atomic mass is 16.3. The molecule has 0 saturated carbocycles. The van der Waals surface area contributed by atoms with Crippen molar-refractivity contribution in [3.63, 3.8) is 0 Å². The number of H-pyrrole nitrogens is 1. The van der Waals surface area contributed by atoms with E-state index in [1.54, 1.807) is 0 Å². The summed E-state index contributed by atoms with van der Waals surface area (Å²) >= 11 is 0. The molecule has 0 unspecified atom stereocenters. The number of hydrazone groups is 1. The van der Waals surface area contributed by atoms with Crippen LogP contribution in [0.3, 0.4) is 0 Å². The molecule has 126 valence electrons. The van der Waals surface area contributed by atoms with Gasteiger partial charge in [-0.1, -0.05) is 30.3 Å². The van der Waals surface area contributed by atoms with Crippen LogP contribution in [0.4, 0.5) is 0 Å².